The van der Waals surface area contributed by atoms with Crippen molar-refractivity contribution in [1.82, 2.24) is 9.80 Å². The summed E-state index contributed by atoms with van der Waals surface area (Å²) in [5.41, 5.74) is -0.0786. The summed E-state index contributed by atoms with van der Waals surface area (Å²) in [4.78, 5) is 4.63. The van der Waals surface area contributed by atoms with Gasteiger partial charge in [0.15, 0.2) is 11.6 Å². The van der Waals surface area contributed by atoms with Crippen LogP contribution in [-0.2, 0) is 0 Å². The van der Waals surface area contributed by atoms with Gasteiger partial charge in [0.2, 0.25) is 0 Å². The van der Waals surface area contributed by atoms with Gasteiger partial charge in [0, 0.05) is 39.3 Å². The number of nitrogens with zero attached hydrogens (tertiary/aromatic N) is 2. The first-order valence-electron chi connectivity index (χ1n) is 8.36. The number of benzene rings is 1. The molecule has 23 heavy (non-hydrogen) atoms. The molecule has 0 saturated carbocycles. The fraction of sp³-hybridized carbons (Fsp3) is 0.667. The number of halogens is 1. The van der Waals surface area contributed by atoms with Crippen molar-refractivity contribution in [2.75, 3.05) is 45.9 Å². The lowest BCUT2D eigenvalue weighted by molar-refractivity contribution is 0.0122. The third-order valence-electron chi connectivity index (χ3n) is 4.40. The van der Waals surface area contributed by atoms with Crippen molar-refractivity contribution in [3.05, 3.63) is 30.1 Å². The van der Waals surface area contributed by atoms with Crippen molar-refractivity contribution < 1.29 is 14.2 Å². The maximum Gasteiger partial charge on any atom is 0.165 e. The summed E-state index contributed by atoms with van der Waals surface area (Å²) in [6.07, 6.45) is -0.307. The van der Waals surface area contributed by atoms with E-state index in [1.807, 2.05) is 0 Å². The number of β-amino-alcohol motifs (C(OH)–C–C–N with tert-alkyl or cyclic N) is 1. The molecule has 0 radical (unpaired) electrons. The number of rotatable bonds is 6. The zero-order valence-electron chi connectivity index (χ0n) is 14.5. The number of aliphatic hydroxyl groups excluding tert-OH is 1. The first kappa shape index (κ1) is 18.2. The average molecular weight is 324 g/mol. The largest absolute Gasteiger partial charge is 0.489 e. The summed E-state index contributed by atoms with van der Waals surface area (Å²) >= 11 is 0. The minimum absolute atomic E-state index is 0.0786. The maximum atomic E-state index is 13.5. The molecular formula is C18H29FN2O2. The van der Waals surface area contributed by atoms with Gasteiger partial charge < -0.3 is 9.84 Å². The van der Waals surface area contributed by atoms with E-state index in [-0.39, 0.29) is 17.3 Å². The SMILES string of the molecule is CC(C)(C)[C@H](O)CN1CCN(CCOc2ccccc2F)CC1. The lowest BCUT2D eigenvalue weighted by Crippen LogP contribution is -2.50. The van der Waals surface area contributed by atoms with Crippen molar-refractivity contribution in [1.29, 1.82) is 0 Å². The molecule has 2 rings (SSSR count). The maximum absolute atomic E-state index is 13.5. The highest BCUT2D eigenvalue weighted by molar-refractivity contribution is 5.23. The van der Waals surface area contributed by atoms with Crippen LogP contribution in [0, 0.1) is 11.2 Å². The lowest BCUT2D eigenvalue weighted by Gasteiger charge is -2.37. The second kappa shape index (κ2) is 8.08. The van der Waals surface area contributed by atoms with Crippen molar-refractivity contribution >= 4 is 0 Å². The van der Waals surface area contributed by atoms with Crippen LogP contribution in [0.4, 0.5) is 4.39 Å². The number of piperazine rings is 1. The Morgan fingerprint density at radius 1 is 1.13 bits per heavy atom. The lowest BCUT2D eigenvalue weighted by atomic mass is 9.89. The Balaban J connectivity index is 1.66. The smallest absolute Gasteiger partial charge is 0.165 e. The van der Waals surface area contributed by atoms with E-state index in [1.54, 1.807) is 18.2 Å². The van der Waals surface area contributed by atoms with Crippen LogP contribution >= 0.6 is 0 Å². The summed E-state index contributed by atoms with van der Waals surface area (Å²) in [5, 5.41) is 10.2. The Bertz CT molecular complexity index is 482. The van der Waals surface area contributed by atoms with Gasteiger partial charge in [-0.15, -0.1) is 0 Å². The van der Waals surface area contributed by atoms with Gasteiger partial charge in [-0.25, -0.2) is 4.39 Å². The van der Waals surface area contributed by atoms with Crippen LogP contribution in [0.5, 0.6) is 5.75 Å². The highest BCUT2D eigenvalue weighted by atomic mass is 19.1. The van der Waals surface area contributed by atoms with Gasteiger partial charge in [-0.05, 0) is 17.5 Å². The Hall–Kier alpha value is -1.17. The predicted molar refractivity (Wildman–Crippen MR) is 90.2 cm³/mol. The van der Waals surface area contributed by atoms with E-state index in [0.717, 1.165) is 39.3 Å². The summed E-state index contributed by atoms with van der Waals surface area (Å²) in [6.45, 7) is 12.0. The molecule has 1 N–H and O–H groups in total. The Labute approximate surface area is 138 Å². The molecule has 1 atom stereocenters. The standard InChI is InChI=1S/C18H29FN2O2/c1-18(2,3)17(22)14-21-10-8-20(9-11-21)12-13-23-16-7-5-4-6-15(16)19/h4-7,17,22H,8-14H2,1-3H3/t17-/m1/s1. The molecule has 1 heterocycles. The first-order valence-corrected chi connectivity index (χ1v) is 8.36. The number of hydrogen-bond acceptors (Lipinski definition) is 4. The molecule has 0 spiro atoms. The zero-order valence-corrected chi connectivity index (χ0v) is 14.5. The summed E-state index contributed by atoms with van der Waals surface area (Å²) in [7, 11) is 0. The van der Waals surface area contributed by atoms with E-state index in [0.29, 0.717) is 12.4 Å². The summed E-state index contributed by atoms with van der Waals surface area (Å²) in [5.74, 6) is 0.00734. The number of ether oxygens (including phenoxy) is 1. The quantitative estimate of drug-likeness (QED) is 0.870. The van der Waals surface area contributed by atoms with Gasteiger partial charge in [0.1, 0.15) is 6.61 Å². The van der Waals surface area contributed by atoms with Crippen LogP contribution < -0.4 is 4.74 Å². The fourth-order valence-corrected chi connectivity index (χ4v) is 2.56. The second-order valence-electron chi connectivity index (χ2n) is 7.30. The molecule has 0 aliphatic carbocycles. The molecule has 1 aliphatic rings. The molecule has 0 aromatic heterocycles. The van der Waals surface area contributed by atoms with Crippen molar-refractivity contribution in [3.63, 3.8) is 0 Å². The normalized spacial score (nSPS) is 18.8. The molecule has 1 fully saturated rings. The average Bonchev–Trinajstić information content (AvgIpc) is 2.50. The van der Waals surface area contributed by atoms with Crippen LogP contribution in [0.3, 0.4) is 0 Å². The molecule has 0 amide bonds. The van der Waals surface area contributed by atoms with Crippen LogP contribution in [0.15, 0.2) is 24.3 Å². The van der Waals surface area contributed by atoms with Gasteiger partial charge in [-0.1, -0.05) is 32.9 Å². The van der Waals surface area contributed by atoms with E-state index in [9.17, 15) is 9.50 Å². The zero-order chi connectivity index (χ0) is 16.9. The summed E-state index contributed by atoms with van der Waals surface area (Å²) < 4.78 is 19.0. The van der Waals surface area contributed by atoms with Crippen molar-refractivity contribution in [3.8, 4) is 5.75 Å². The van der Waals surface area contributed by atoms with Gasteiger partial charge in [0.25, 0.3) is 0 Å². The molecule has 1 aliphatic heterocycles. The van der Waals surface area contributed by atoms with Crippen LogP contribution in [0.25, 0.3) is 0 Å². The van der Waals surface area contributed by atoms with E-state index >= 15 is 0 Å². The molecule has 4 nitrogen and oxygen atoms in total. The Morgan fingerprint density at radius 2 is 1.74 bits per heavy atom. The minimum Gasteiger partial charge on any atom is -0.489 e. The topological polar surface area (TPSA) is 35.9 Å². The van der Waals surface area contributed by atoms with E-state index in [4.69, 9.17) is 4.74 Å². The Morgan fingerprint density at radius 3 is 2.35 bits per heavy atom. The van der Waals surface area contributed by atoms with E-state index < -0.39 is 0 Å². The third-order valence-corrected chi connectivity index (χ3v) is 4.40. The molecule has 5 heteroatoms. The molecule has 0 unspecified atom stereocenters. The van der Waals surface area contributed by atoms with Crippen LogP contribution in [0.2, 0.25) is 0 Å². The van der Waals surface area contributed by atoms with Crippen molar-refractivity contribution in [2.45, 2.75) is 26.9 Å². The predicted octanol–water partition coefficient (Wildman–Crippen LogP) is 2.23. The minimum atomic E-state index is -0.312. The molecule has 1 aromatic carbocycles. The fourth-order valence-electron chi connectivity index (χ4n) is 2.56. The van der Waals surface area contributed by atoms with Gasteiger partial charge in [-0.2, -0.15) is 0 Å². The van der Waals surface area contributed by atoms with Gasteiger partial charge >= 0.3 is 0 Å². The van der Waals surface area contributed by atoms with Crippen LogP contribution in [-0.4, -0.2) is 66.9 Å². The van der Waals surface area contributed by atoms with E-state index in [2.05, 4.69) is 30.6 Å². The number of hydrogen-bond donors (Lipinski definition) is 1. The molecule has 1 aromatic rings. The first-order chi connectivity index (χ1) is 10.9. The second-order valence-corrected chi connectivity index (χ2v) is 7.30. The van der Waals surface area contributed by atoms with Crippen molar-refractivity contribution in [2.24, 2.45) is 5.41 Å². The molecule has 130 valence electrons. The number of para-hydroxylation sites is 1. The Kier molecular flexibility index (Phi) is 6.39. The molecule has 1 saturated heterocycles. The van der Waals surface area contributed by atoms with E-state index in [1.165, 1.54) is 6.07 Å². The number of aliphatic hydroxyl groups is 1. The summed E-state index contributed by atoms with van der Waals surface area (Å²) in [6, 6.07) is 6.50. The molecular weight excluding hydrogens is 295 g/mol. The monoisotopic (exact) mass is 324 g/mol. The highest BCUT2D eigenvalue weighted by Gasteiger charge is 2.26. The molecule has 0 bridgehead atoms. The van der Waals surface area contributed by atoms with Gasteiger partial charge in [-0.3, -0.25) is 9.80 Å². The van der Waals surface area contributed by atoms with Crippen LogP contribution in [0.1, 0.15) is 20.8 Å². The third kappa shape index (κ3) is 5.75. The van der Waals surface area contributed by atoms with Gasteiger partial charge in [0.05, 0.1) is 6.10 Å². The highest BCUT2D eigenvalue weighted by Crippen LogP contribution is 2.20.